The van der Waals surface area contributed by atoms with E-state index in [0.717, 1.165) is 12.2 Å². The Balaban J connectivity index is 2.20. The molecule has 1 heterocycles. The molecule has 1 aromatic heterocycles. The molecule has 0 aliphatic rings. The van der Waals surface area contributed by atoms with Crippen LogP contribution in [-0.4, -0.2) is 27.3 Å². The lowest BCUT2D eigenvalue weighted by molar-refractivity contribution is 0.568. The highest BCUT2D eigenvalue weighted by atomic mass is 127. The summed E-state index contributed by atoms with van der Waals surface area (Å²) in [5.74, 6) is 0.756. The first-order chi connectivity index (χ1) is 8.20. The molecule has 0 saturated heterocycles. The molecule has 2 rings (SSSR count). The van der Waals surface area contributed by atoms with Crippen LogP contribution in [0.1, 0.15) is 17.4 Å². The van der Waals surface area contributed by atoms with E-state index in [1.54, 1.807) is 7.05 Å². The van der Waals surface area contributed by atoms with Gasteiger partial charge in [0.2, 0.25) is 0 Å². The van der Waals surface area contributed by atoms with Crippen molar-refractivity contribution < 1.29 is 0 Å². The lowest BCUT2D eigenvalue weighted by Crippen LogP contribution is -2.20. The number of rotatable bonds is 4. The molecule has 0 spiro atoms. The zero-order valence-corrected chi connectivity index (χ0v) is 11.9. The molecule has 0 bridgehead atoms. The fourth-order valence-electron chi connectivity index (χ4n) is 1.71. The molecule has 17 heavy (non-hydrogen) atoms. The van der Waals surface area contributed by atoms with Gasteiger partial charge in [-0.15, -0.1) is 10.2 Å². The number of hydrogen-bond acceptors (Lipinski definition) is 4. The molecule has 0 aliphatic heterocycles. The number of likely N-dealkylation sites (N-methyl/N-ethyl adjacent to an activating group) is 1. The standard InChI is InChI=1S/C11H14IN5/c1-13-10(7-11-14-16-17(2)15-11)8-5-3-4-6-9(8)12/h3-6,10,13H,7H2,1-2H3. The summed E-state index contributed by atoms with van der Waals surface area (Å²) in [6.07, 6.45) is 0.740. The Morgan fingerprint density at radius 1 is 1.41 bits per heavy atom. The zero-order valence-electron chi connectivity index (χ0n) is 9.76. The molecular weight excluding hydrogens is 329 g/mol. The number of nitrogens with zero attached hydrogens (tertiary/aromatic N) is 4. The minimum absolute atomic E-state index is 0.215. The molecule has 6 heteroatoms. The fraction of sp³-hybridized carbons (Fsp3) is 0.364. The molecule has 0 radical (unpaired) electrons. The Bertz CT molecular complexity index is 496. The number of halogens is 1. The SMILES string of the molecule is CNC(Cc1nnn(C)n1)c1ccccc1I. The fourth-order valence-corrected chi connectivity index (χ4v) is 2.48. The summed E-state index contributed by atoms with van der Waals surface area (Å²) in [5, 5.41) is 15.4. The summed E-state index contributed by atoms with van der Waals surface area (Å²) >= 11 is 2.35. The van der Waals surface area contributed by atoms with E-state index in [9.17, 15) is 0 Å². The van der Waals surface area contributed by atoms with Crippen molar-refractivity contribution in [2.75, 3.05) is 7.05 Å². The maximum Gasteiger partial charge on any atom is 0.176 e. The van der Waals surface area contributed by atoms with Crippen molar-refractivity contribution >= 4 is 22.6 Å². The summed E-state index contributed by atoms with van der Waals surface area (Å²) in [7, 11) is 3.72. The lowest BCUT2D eigenvalue weighted by Gasteiger charge is -2.16. The highest BCUT2D eigenvalue weighted by molar-refractivity contribution is 14.1. The molecule has 2 aromatic rings. The third kappa shape index (κ3) is 3.01. The van der Waals surface area contributed by atoms with E-state index < -0.39 is 0 Å². The molecule has 0 aliphatic carbocycles. The predicted molar refractivity (Wildman–Crippen MR) is 73.5 cm³/mol. The van der Waals surface area contributed by atoms with Gasteiger partial charge in [-0.3, -0.25) is 0 Å². The van der Waals surface area contributed by atoms with Crippen LogP contribution in [0.25, 0.3) is 0 Å². The molecule has 0 saturated carbocycles. The largest absolute Gasteiger partial charge is 0.313 e. The molecule has 1 unspecified atom stereocenters. The van der Waals surface area contributed by atoms with Crippen LogP contribution in [0.4, 0.5) is 0 Å². The first-order valence-electron chi connectivity index (χ1n) is 5.35. The van der Waals surface area contributed by atoms with Crippen LogP contribution in [0.2, 0.25) is 0 Å². The van der Waals surface area contributed by atoms with Crippen LogP contribution in [-0.2, 0) is 13.5 Å². The third-order valence-electron chi connectivity index (χ3n) is 2.57. The van der Waals surface area contributed by atoms with Crippen LogP contribution >= 0.6 is 22.6 Å². The number of benzene rings is 1. The molecular formula is C11H14IN5. The first kappa shape index (κ1) is 12.4. The Labute approximate surface area is 114 Å². The van der Waals surface area contributed by atoms with E-state index in [-0.39, 0.29) is 6.04 Å². The number of tetrazole rings is 1. The van der Waals surface area contributed by atoms with E-state index in [0.29, 0.717) is 0 Å². The van der Waals surface area contributed by atoms with Crippen LogP contribution in [0.15, 0.2) is 24.3 Å². The second-order valence-electron chi connectivity index (χ2n) is 3.76. The smallest absolute Gasteiger partial charge is 0.176 e. The Morgan fingerprint density at radius 2 is 2.18 bits per heavy atom. The number of aromatic nitrogens is 4. The van der Waals surface area contributed by atoms with Gasteiger partial charge >= 0.3 is 0 Å². The highest BCUT2D eigenvalue weighted by Gasteiger charge is 2.15. The normalized spacial score (nSPS) is 12.6. The van der Waals surface area contributed by atoms with E-state index in [1.165, 1.54) is 13.9 Å². The number of hydrogen-bond donors (Lipinski definition) is 1. The molecule has 1 atom stereocenters. The molecule has 1 N–H and O–H groups in total. The summed E-state index contributed by atoms with van der Waals surface area (Å²) in [6.45, 7) is 0. The minimum atomic E-state index is 0.215. The predicted octanol–water partition coefficient (Wildman–Crippen LogP) is 1.32. The van der Waals surface area contributed by atoms with E-state index in [2.05, 4.69) is 55.5 Å². The Kier molecular flexibility index (Phi) is 4.06. The van der Waals surface area contributed by atoms with Crippen LogP contribution in [0.3, 0.4) is 0 Å². The molecule has 0 fully saturated rings. The highest BCUT2D eigenvalue weighted by Crippen LogP contribution is 2.21. The second-order valence-corrected chi connectivity index (χ2v) is 4.92. The van der Waals surface area contributed by atoms with Crippen LogP contribution in [0.5, 0.6) is 0 Å². The lowest BCUT2D eigenvalue weighted by atomic mass is 10.0. The van der Waals surface area contributed by atoms with Crippen molar-refractivity contribution in [2.45, 2.75) is 12.5 Å². The molecule has 5 nitrogen and oxygen atoms in total. The summed E-state index contributed by atoms with van der Waals surface area (Å²) in [4.78, 5) is 1.48. The van der Waals surface area contributed by atoms with Gasteiger partial charge in [0, 0.05) is 16.0 Å². The van der Waals surface area contributed by atoms with Gasteiger partial charge in [0.05, 0.1) is 7.05 Å². The summed E-state index contributed by atoms with van der Waals surface area (Å²) in [6, 6.07) is 8.53. The van der Waals surface area contributed by atoms with Gasteiger partial charge < -0.3 is 5.32 Å². The van der Waals surface area contributed by atoms with Crippen molar-refractivity contribution in [1.82, 2.24) is 25.5 Å². The van der Waals surface area contributed by atoms with Crippen molar-refractivity contribution in [1.29, 1.82) is 0 Å². The Hall–Kier alpha value is -1.02. The van der Waals surface area contributed by atoms with Gasteiger partial charge in [0.1, 0.15) is 0 Å². The maximum absolute atomic E-state index is 4.21. The molecule has 90 valence electrons. The average Bonchev–Trinajstić information content (AvgIpc) is 2.73. The van der Waals surface area contributed by atoms with Gasteiger partial charge in [0.25, 0.3) is 0 Å². The van der Waals surface area contributed by atoms with Crippen LogP contribution < -0.4 is 5.32 Å². The van der Waals surface area contributed by atoms with Crippen molar-refractivity contribution in [3.8, 4) is 0 Å². The van der Waals surface area contributed by atoms with Gasteiger partial charge in [-0.2, -0.15) is 4.80 Å². The van der Waals surface area contributed by atoms with Crippen LogP contribution in [0, 0.1) is 3.57 Å². The van der Waals surface area contributed by atoms with Crippen molar-refractivity contribution in [3.05, 3.63) is 39.2 Å². The van der Waals surface area contributed by atoms with Gasteiger partial charge in [-0.25, -0.2) is 0 Å². The molecule has 0 amide bonds. The van der Waals surface area contributed by atoms with Gasteiger partial charge in [0.15, 0.2) is 5.82 Å². The van der Waals surface area contributed by atoms with E-state index in [1.807, 2.05) is 19.2 Å². The monoisotopic (exact) mass is 343 g/mol. The van der Waals surface area contributed by atoms with Gasteiger partial charge in [-0.1, -0.05) is 18.2 Å². The Morgan fingerprint density at radius 3 is 2.76 bits per heavy atom. The second kappa shape index (κ2) is 5.54. The summed E-state index contributed by atoms with van der Waals surface area (Å²) in [5.41, 5.74) is 1.27. The van der Waals surface area contributed by atoms with Gasteiger partial charge in [-0.05, 0) is 46.5 Å². The third-order valence-corrected chi connectivity index (χ3v) is 3.55. The zero-order chi connectivity index (χ0) is 12.3. The van der Waals surface area contributed by atoms with Crippen molar-refractivity contribution in [3.63, 3.8) is 0 Å². The summed E-state index contributed by atoms with van der Waals surface area (Å²) < 4.78 is 1.24. The topological polar surface area (TPSA) is 55.6 Å². The maximum atomic E-state index is 4.21. The van der Waals surface area contributed by atoms with E-state index >= 15 is 0 Å². The molecule has 1 aromatic carbocycles. The average molecular weight is 343 g/mol. The van der Waals surface area contributed by atoms with E-state index in [4.69, 9.17) is 0 Å². The minimum Gasteiger partial charge on any atom is -0.313 e. The van der Waals surface area contributed by atoms with Crippen molar-refractivity contribution in [2.24, 2.45) is 7.05 Å². The quantitative estimate of drug-likeness (QED) is 0.851. The first-order valence-corrected chi connectivity index (χ1v) is 6.43. The number of aryl methyl sites for hydroxylation is 1. The number of nitrogens with one attached hydrogen (secondary N) is 1.